The number of morpholine rings is 1. The van der Waals surface area contributed by atoms with E-state index in [0.29, 0.717) is 50.2 Å². The first-order valence-electron chi connectivity index (χ1n) is 15.1. The summed E-state index contributed by atoms with van der Waals surface area (Å²) in [4.78, 5) is 31.2. The van der Waals surface area contributed by atoms with E-state index in [0.717, 1.165) is 49.1 Å². The number of benzene rings is 2. The van der Waals surface area contributed by atoms with Gasteiger partial charge in [0.2, 0.25) is 5.91 Å². The standard InChI is InChI=1S/C33H42N4O3/c1-35-15-14-24(22-35)21-34-33(39)27-12-13-28-29(20-27)37(23-30(38)36-16-18-40-19-17-36)32(26-10-6-3-7-11-26)31(28)25-8-4-2-5-9-25/h3,6-7,10-13,20,24-25H,2,4-5,8-9,14-19,21-23H2,1H3,(H,34,39). The predicted octanol–water partition coefficient (Wildman–Crippen LogP) is 4.90. The Morgan fingerprint density at radius 1 is 0.950 bits per heavy atom. The zero-order valence-electron chi connectivity index (χ0n) is 23.7. The lowest BCUT2D eigenvalue weighted by atomic mass is 9.82. The first-order valence-corrected chi connectivity index (χ1v) is 15.1. The molecule has 3 aromatic rings. The van der Waals surface area contributed by atoms with E-state index in [1.165, 1.54) is 30.2 Å². The molecule has 2 aromatic carbocycles. The third-order valence-electron chi connectivity index (χ3n) is 9.12. The number of carbonyl (C=O) groups is 2. The molecule has 1 atom stereocenters. The lowest BCUT2D eigenvalue weighted by Gasteiger charge is -2.28. The van der Waals surface area contributed by atoms with Gasteiger partial charge in [0.25, 0.3) is 5.91 Å². The molecule has 7 heteroatoms. The van der Waals surface area contributed by atoms with Crippen molar-refractivity contribution < 1.29 is 14.3 Å². The van der Waals surface area contributed by atoms with Crippen LogP contribution in [0, 0.1) is 5.92 Å². The van der Waals surface area contributed by atoms with Crippen molar-refractivity contribution in [2.24, 2.45) is 5.92 Å². The van der Waals surface area contributed by atoms with Gasteiger partial charge in [-0.2, -0.15) is 0 Å². The number of hydrogen-bond acceptors (Lipinski definition) is 4. The molecular formula is C33H42N4O3. The minimum atomic E-state index is -0.0378. The van der Waals surface area contributed by atoms with Crippen LogP contribution in [0.3, 0.4) is 0 Å². The molecule has 212 valence electrons. The van der Waals surface area contributed by atoms with Gasteiger partial charge in [-0.1, -0.05) is 55.7 Å². The largest absolute Gasteiger partial charge is 0.378 e. The summed E-state index contributed by atoms with van der Waals surface area (Å²) in [6.45, 7) is 5.47. The molecule has 1 unspecified atom stereocenters. The van der Waals surface area contributed by atoms with E-state index in [2.05, 4.69) is 52.2 Å². The highest BCUT2D eigenvalue weighted by Crippen LogP contribution is 2.44. The fourth-order valence-electron chi connectivity index (χ4n) is 6.97. The number of rotatable bonds is 7. The van der Waals surface area contributed by atoms with Gasteiger partial charge in [-0.15, -0.1) is 0 Å². The minimum absolute atomic E-state index is 0.0378. The lowest BCUT2D eigenvalue weighted by molar-refractivity contribution is -0.135. The van der Waals surface area contributed by atoms with Crippen molar-refractivity contribution in [2.75, 3.05) is 53.0 Å². The molecule has 40 heavy (non-hydrogen) atoms. The topological polar surface area (TPSA) is 66.8 Å². The van der Waals surface area contributed by atoms with Gasteiger partial charge < -0.3 is 24.4 Å². The van der Waals surface area contributed by atoms with Gasteiger partial charge in [-0.05, 0) is 68.0 Å². The number of carbonyl (C=O) groups excluding carboxylic acids is 2. The molecule has 2 amide bonds. The molecule has 7 nitrogen and oxygen atoms in total. The number of aromatic nitrogens is 1. The van der Waals surface area contributed by atoms with Gasteiger partial charge in [-0.3, -0.25) is 9.59 Å². The average Bonchev–Trinajstić information content (AvgIpc) is 3.57. The fourth-order valence-corrected chi connectivity index (χ4v) is 6.97. The Kier molecular flexibility index (Phi) is 8.21. The Labute approximate surface area is 237 Å². The summed E-state index contributed by atoms with van der Waals surface area (Å²) in [6, 6.07) is 16.6. The molecule has 2 aliphatic heterocycles. The highest BCUT2D eigenvalue weighted by atomic mass is 16.5. The van der Waals surface area contributed by atoms with E-state index in [1.807, 2.05) is 23.1 Å². The van der Waals surface area contributed by atoms with Crippen LogP contribution in [-0.4, -0.2) is 79.2 Å². The fraction of sp³-hybridized carbons (Fsp3) is 0.515. The average molecular weight is 543 g/mol. The van der Waals surface area contributed by atoms with Crippen molar-refractivity contribution in [1.29, 1.82) is 0 Å². The quantitative estimate of drug-likeness (QED) is 0.462. The maximum Gasteiger partial charge on any atom is 0.251 e. The second-order valence-corrected chi connectivity index (χ2v) is 11.9. The van der Waals surface area contributed by atoms with Gasteiger partial charge in [0.05, 0.1) is 24.4 Å². The normalized spacial score (nSPS) is 20.7. The number of nitrogens with one attached hydrogen (secondary N) is 1. The molecule has 1 saturated carbocycles. The summed E-state index contributed by atoms with van der Waals surface area (Å²) in [6.07, 6.45) is 7.19. The maximum absolute atomic E-state index is 13.6. The smallest absolute Gasteiger partial charge is 0.251 e. The summed E-state index contributed by atoms with van der Waals surface area (Å²) < 4.78 is 7.71. The molecule has 0 bridgehead atoms. The van der Waals surface area contributed by atoms with E-state index >= 15 is 0 Å². The van der Waals surface area contributed by atoms with Crippen LogP contribution in [0.25, 0.3) is 22.2 Å². The molecule has 6 rings (SSSR count). The van der Waals surface area contributed by atoms with Crippen LogP contribution in [0.15, 0.2) is 48.5 Å². The number of hydrogen-bond donors (Lipinski definition) is 1. The molecule has 0 radical (unpaired) electrons. The zero-order valence-corrected chi connectivity index (χ0v) is 23.7. The van der Waals surface area contributed by atoms with Gasteiger partial charge in [0.15, 0.2) is 0 Å². The molecule has 2 saturated heterocycles. The predicted molar refractivity (Wildman–Crippen MR) is 159 cm³/mol. The first kappa shape index (κ1) is 27.0. The number of likely N-dealkylation sites (tertiary alicyclic amines) is 1. The molecule has 1 aliphatic carbocycles. The number of fused-ring (bicyclic) bond motifs is 1. The summed E-state index contributed by atoms with van der Waals surface area (Å²) in [7, 11) is 2.14. The van der Waals surface area contributed by atoms with Crippen LogP contribution in [0.5, 0.6) is 0 Å². The monoisotopic (exact) mass is 542 g/mol. The molecule has 3 aliphatic rings. The Hall–Kier alpha value is -3.16. The summed E-state index contributed by atoms with van der Waals surface area (Å²) >= 11 is 0. The summed E-state index contributed by atoms with van der Waals surface area (Å²) in [5.41, 5.74) is 5.25. The molecule has 0 spiro atoms. The van der Waals surface area contributed by atoms with E-state index in [1.54, 1.807) is 0 Å². The maximum atomic E-state index is 13.6. The van der Waals surface area contributed by atoms with E-state index < -0.39 is 0 Å². The third kappa shape index (κ3) is 5.68. The second-order valence-electron chi connectivity index (χ2n) is 11.9. The minimum Gasteiger partial charge on any atom is -0.378 e. The van der Waals surface area contributed by atoms with Crippen molar-refractivity contribution in [3.8, 4) is 11.3 Å². The molecule has 1 aromatic heterocycles. The van der Waals surface area contributed by atoms with E-state index in [-0.39, 0.29) is 18.4 Å². The Bertz CT molecular complexity index is 1340. The Morgan fingerprint density at radius 3 is 2.45 bits per heavy atom. The van der Waals surface area contributed by atoms with Crippen LogP contribution in [0.1, 0.15) is 60.4 Å². The number of ether oxygens (including phenoxy) is 1. The van der Waals surface area contributed by atoms with Gasteiger partial charge in [-0.25, -0.2) is 0 Å². The van der Waals surface area contributed by atoms with Crippen molar-refractivity contribution in [3.63, 3.8) is 0 Å². The first-order chi connectivity index (χ1) is 19.6. The summed E-state index contributed by atoms with van der Waals surface area (Å²) in [5, 5.41) is 4.37. The highest BCUT2D eigenvalue weighted by Gasteiger charge is 2.29. The molecular weight excluding hydrogens is 500 g/mol. The van der Waals surface area contributed by atoms with Gasteiger partial charge in [0.1, 0.15) is 6.54 Å². The van der Waals surface area contributed by atoms with Crippen LogP contribution < -0.4 is 5.32 Å². The van der Waals surface area contributed by atoms with E-state index in [9.17, 15) is 9.59 Å². The Balaban J connectivity index is 1.42. The molecule has 1 N–H and O–H groups in total. The number of nitrogens with zero attached hydrogens (tertiary/aromatic N) is 3. The van der Waals surface area contributed by atoms with Gasteiger partial charge >= 0.3 is 0 Å². The number of amides is 2. The third-order valence-corrected chi connectivity index (χ3v) is 9.12. The summed E-state index contributed by atoms with van der Waals surface area (Å²) in [5.74, 6) is 1.01. The lowest BCUT2D eigenvalue weighted by Crippen LogP contribution is -2.42. The highest BCUT2D eigenvalue weighted by molar-refractivity contribution is 6.01. The molecule has 3 heterocycles. The van der Waals surface area contributed by atoms with E-state index in [4.69, 9.17) is 4.74 Å². The van der Waals surface area contributed by atoms with Crippen molar-refractivity contribution in [2.45, 2.75) is 51.0 Å². The van der Waals surface area contributed by atoms with Crippen molar-refractivity contribution in [3.05, 3.63) is 59.7 Å². The second kappa shape index (κ2) is 12.1. The van der Waals surface area contributed by atoms with Crippen LogP contribution in [0.4, 0.5) is 0 Å². The van der Waals surface area contributed by atoms with Crippen LogP contribution in [-0.2, 0) is 16.1 Å². The molecule has 3 fully saturated rings. The van der Waals surface area contributed by atoms with Gasteiger partial charge in [0, 0.05) is 37.1 Å². The van der Waals surface area contributed by atoms with Crippen molar-refractivity contribution in [1.82, 2.24) is 19.7 Å². The van der Waals surface area contributed by atoms with Crippen molar-refractivity contribution >= 4 is 22.7 Å². The van der Waals surface area contributed by atoms with Crippen LogP contribution in [0.2, 0.25) is 0 Å². The van der Waals surface area contributed by atoms with Crippen LogP contribution >= 0.6 is 0 Å². The Morgan fingerprint density at radius 2 is 1.73 bits per heavy atom. The SMILES string of the molecule is CN1CCC(CNC(=O)c2ccc3c(C4CCCCC4)c(-c4ccccc4)n(CC(=O)N4CCOCC4)c3c2)C1. The zero-order chi connectivity index (χ0) is 27.5.